The number of nitrogens with zero attached hydrogens (tertiary/aromatic N) is 2. The number of hydrogen-bond acceptors (Lipinski definition) is 4. The number of benzene rings is 1. The van der Waals surface area contributed by atoms with Crippen LogP contribution in [0.5, 0.6) is 5.75 Å². The van der Waals surface area contributed by atoms with Crippen LogP contribution in [0.15, 0.2) is 64.1 Å². The van der Waals surface area contributed by atoms with E-state index in [9.17, 15) is 4.79 Å². The summed E-state index contributed by atoms with van der Waals surface area (Å²) in [5.41, 5.74) is 8.87. The van der Waals surface area contributed by atoms with E-state index in [1.807, 2.05) is 44.2 Å². The molecule has 2 N–H and O–H groups in total. The molecule has 0 saturated carbocycles. The number of aryl methyl sites for hydroxylation is 4. The summed E-state index contributed by atoms with van der Waals surface area (Å²) in [6, 6.07) is 17.4. The van der Waals surface area contributed by atoms with Crippen molar-refractivity contribution < 1.29 is 13.9 Å². The number of furan rings is 1. The maximum Gasteiger partial charge on any atom is 0.307 e. The van der Waals surface area contributed by atoms with Crippen LogP contribution in [0.1, 0.15) is 44.7 Å². The number of amides is 1. The molecule has 32 heavy (non-hydrogen) atoms. The van der Waals surface area contributed by atoms with Gasteiger partial charge in [-0.15, -0.1) is 0 Å². The Morgan fingerprint density at radius 1 is 1.06 bits per heavy atom. The Bertz CT molecular complexity index is 1240. The fraction of sp³-hybridized carbons (Fsp3) is 0.200. The van der Waals surface area contributed by atoms with E-state index < -0.39 is 5.91 Å². The number of hydrazone groups is 1. The van der Waals surface area contributed by atoms with Gasteiger partial charge in [-0.05, 0) is 82.3 Å². The Hall–Kier alpha value is -4.00. The van der Waals surface area contributed by atoms with E-state index in [0.717, 1.165) is 28.4 Å². The zero-order valence-corrected chi connectivity index (χ0v) is 18.6. The van der Waals surface area contributed by atoms with E-state index >= 15 is 0 Å². The minimum Gasteiger partial charge on any atom is -0.486 e. The number of H-pyrrole nitrogens is 1. The Balaban J connectivity index is 1.32. The fourth-order valence-electron chi connectivity index (χ4n) is 3.59. The molecule has 4 aromatic rings. The van der Waals surface area contributed by atoms with Crippen molar-refractivity contribution in [2.75, 3.05) is 0 Å². The normalized spacial score (nSPS) is 11.2. The lowest BCUT2D eigenvalue weighted by atomic mass is 10.3. The van der Waals surface area contributed by atoms with E-state index in [1.165, 1.54) is 11.4 Å². The monoisotopic (exact) mass is 430 g/mol. The number of aromatic amines is 1. The summed E-state index contributed by atoms with van der Waals surface area (Å²) in [7, 11) is 0. The van der Waals surface area contributed by atoms with Gasteiger partial charge in [-0.2, -0.15) is 5.10 Å². The first-order valence-corrected chi connectivity index (χ1v) is 10.4. The van der Waals surface area contributed by atoms with Crippen LogP contribution in [-0.2, 0) is 6.61 Å². The Morgan fingerprint density at radius 3 is 2.44 bits per heavy atom. The number of ether oxygens (including phenoxy) is 1. The minimum absolute atomic E-state index is 0.177. The number of hydrogen-bond donors (Lipinski definition) is 2. The van der Waals surface area contributed by atoms with Gasteiger partial charge in [0.25, 0.3) is 0 Å². The first-order valence-electron chi connectivity index (χ1n) is 10.4. The second-order valence-electron chi connectivity index (χ2n) is 7.73. The van der Waals surface area contributed by atoms with Crippen LogP contribution in [0.25, 0.3) is 5.69 Å². The highest BCUT2D eigenvalue weighted by Gasteiger charge is 2.11. The molecule has 0 bridgehead atoms. The fourth-order valence-corrected chi connectivity index (χ4v) is 3.59. The second kappa shape index (κ2) is 9.01. The van der Waals surface area contributed by atoms with Gasteiger partial charge in [0.05, 0.1) is 6.21 Å². The molecule has 0 fully saturated rings. The molecule has 164 valence electrons. The molecular weight excluding hydrogens is 404 g/mol. The van der Waals surface area contributed by atoms with Gasteiger partial charge in [0.15, 0.2) is 5.76 Å². The molecule has 0 unspecified atom stereocenters. The molecule has 7 heteroatoms. The molecule has 0 spiro atoms. The molecule has 4 rings (SSSR count). The summed E-state index contributed by atoms with van der Waals surface area (Å²) >= 11 is 0. The molecule has 0 atom stereocenters. The van der Waals surface area contributed by atoms with Crippen molar-refractivity contribution >= 4 is 12.1 Å². The lowest BCUT2D eigenvalue weighted by Gasteiger charge is -2.10. The van der Waals surface area contributed by atoms with E-state index in [4.69, 9.17) is 9.15 Å². The number of aromatic nitrogens is 2. The number of rotatable bonds is 7. The zero-order chi connectivity index (χ0) is 22.7. The summed E-state index contributed by atoms with van der Waals surface area (Å²) < 4.78 is 13.6. The molecule has 3 heterocycles. The van der Waals surface area contributed by atoms with Crippen LogP contribution in [0.3, 0.4) is 0 Å². The minimum atomic E-state index is -0.417. The van der Waals surface area contributed by atoms with E-state index in [-0.39, 0.29) is 12.4 Å². The standard InChI is InChI=1S/C25H26N4O3/c1-16-13-20(19(4)27-16)14-26-28-25(30)24-12-11-23(32-24)15-31-22-9-7-21(8-10-22)29-17(2)5-6-18(29)3/h5-14,27H,15H2,1-4H3,(H,28,30)/b26-14+. The molecule has 1 amide bonds. The Morgan fingerprint density at radius 2 is 1.78 bits per heavy atom. The van der Waals surface area contributed by atoms with Gasteiger partial charge >= 0.3 is 5.91 Å². The SMILES string of the molecule is Cc1cc(/C=N/NC(=O)c2ccc(COc3ccc(-n4c(C)ccc4C)cc3)o2)c(C)[nH]1. The third kappa shape index (κ3) is 4.67. The summed E-state index contributed by atoms with van der Waals surface area (Å²) in [6.45, 7) is 8.30. The van der Waals surface area contributed by atoms with Crippen LogP contribution >= 0.6 is 0 Å². The average molecular weight is 431 g/mol. The van der Waals surface area contributed by atoms with Crippen LogP contribution in [0, 0.1) is 27.7 Å². The van der Waals surface area contributed by atoms with Crippen molar-refractivity contribution in [2.24, 2.45) is 5.10 Å². The van der Waals surface area contributed by atoms with E-state index in [2.05, 4.69) is 46.1 Å². The van der Waals surface area contributed by atoms with Crippen LogP contribution in [0.4, 0.5) is 0 Å². The highest BCUT2D eigenvalue weighted by Crippen LogP contribution is 2.21. The van der Waals surface area contributed by atoms with Crippen molar-refractivity contribution in [1.29, 1.82) is 0 Å². The van der Waals surface area contributed by atoms with Gasteiger partial charge in [0.2, 0.25) is 0 Å². The predicted molar refractivity (Wildman–Crippen MR) is 124 cm³/mol. The Labute approximate surface area is 186 Å². The van der Waals surface area contributed by atoms with Crippen LogP contribution in [-0.4, -0.2) is 21.7 Å². The molecule has 0 radical (unpaired) electrons. The third-order valence-corrected chi connectivity index (χ3v) is 5.19. The van der Waals surface area contributed by atoms with E-state index in [1.54, 1.807) is 18.3 Å². The maximum atomic E-state index is 12.2. The van der Waals surface area contributed by atoms with Gasteiger partial charge in [-0.25, -0.2) is 5.43 Å². The third-order valence-electron chi connectivity index (χ3n) is 5.19. The largest absolute Gasteiger partial charge is 0.486 e. The van der Waals surface area contributed by atoms with Crippen molar-refractivity contribution in [3.05, 3.63) is 94.5 Å². The van der Waals surface area contributed by atoms with Crippen molar-refractivity contribution in [1.82, 2.24) is 15.0 Å². The van der Waals surface area contributed by atoms with Crippen molar-refractivity contribution in [3.8, 4) is 11.4 Å². The summed E-state index contributed by atoms with van der Waals surface area (Å²) in [4.78, 5) is 15.4. The summed E-state index contributed by atoms with van der Waals surface area (Å²) in [6.07, 6.45) is 1.60. The van der Waals surface area contributed by atoms with Crippen LogP contribution < -0.4 is 10.2 Å². The molecule has 1 aromatic carbocycles. The number of nitrogens with one attached hydrogen (secondary N) is 2. The second-order valence-corrected chi connectivity index (χ2v) is 7.73. The smallest absolute Gasteiger partial charge is 0.307 e. The maximum absolute atomic E-state index is 12.2. The van der Waals surface area contributed by atoms with Gasteiger partial charge in [-0.1, -0.05) is 0 Å². The molecule has 7 nitrogen and oxygen atoms in total. The number of carbonyl (C=O) groups is 1. The summed E-state index contributed by atoms with van der Waals surface area (Å²) in [5.74, 6) is 1.04. The zero-order valence-electron chi connectivity index (χ0n) is 18.6. The highest BCUT2D eigenvalue weighted by atomic mass is 16.5. The molecule has 0 saturated heterocycles. The topological polar surface area (TPSA) is 84.5 Å². The van der Waals surface area contributed by atoms with Crippen molar-refractivity contribution in [3.63, 3.8) is 0 Å². The summed E-state index contributed by atoms with van der Waals surface area (Å²) in [5, 5.41) is 4.00. The van der Waals surface area contributed by atoms with Gasteiger partial charge < -0.3 is 18.7 Å². The quantitative estimate of drug-likeness (QED) is 0.320. The first kappa shape index (κ1) is 21.2. The molecule has 0 aliphatic carbocycles. The van der Waals surface area contributed by atoms with Gasteiger partial charge in [0, 0.05) is 34.0 Å². The molecule has 0 aliphatic heterocycles. The average Bonchev–Trinajstić information content (AvgIpc) is 3.46. The predicted octanol–water partition coefficient (Wildman–Crippen LogP) is 4.97. The number of carbonyl (C=O) groups excluding carboxylic acids is 1. The van der Waals surface area contributed by atoms with E-state index in [0.29, 0.717) is 5.76 Å². The van der Waals surface area contributed by atoms with Gasteiger partial charge in [-0.3, -0.25) is 4.79 Å². The van der Waals surface area contributed by atoms with Crippen molar-refractivity contribution in [2.45, 2.75) is 34.3 Å². The van der Waals surface area contributed by atoms with Gasteiger partial charge in [0.1, 0.15) is 18.1 Å². The van der Waals surface area contributed by atoms with Crippen LogP contribution in [0.2, 0.25) is 0 Å². The lowest BCUT2D eigenvalue weighted by Crippen LogP contribution is -2.16. The molecule has 3 aromatic heterocycles. The molecule has 0 aliphatic rings. The first-order chi connectivity index (χ1) is 15.4. The molecular formula is C25H26N4O3. The lowest BCUT2D eigenvalue weighted by molar-refractivity contribution is 0.0923. The highest BCUT2D eigenvalue weighted by molar-refractivity contribution is 5.92. The Kier molecular flexibility index (Phi) is 5.98.